The first-order valence-electron chi connectivity index (χ1n) is 8.62. The molecule has 4 aromatic rings. The second-order valence-corrected chi connectivity index (χ2v) is 8.22. The van der Waals surface area contributed by atoms with Crippen LogP contribution in [-0.4, -0.2) is 60.8 Å². The highest BCUT2D eigenvalue weighted by Gasteiger charge is 2.32. The number of nitrogens with zero attached hydrogens (tertiary/aromatic N) is 7. The fourth-order valence-electron chi connectivity index (χ4n) is 3.43. The minimum Gasteiger partial charge on any atom is -0.492 e. The first-order chi connectivity index (χ1) is 13.3. The third kappa shape index (κ3) is 2.95. The van der Waals surface area contributed by atoms with Crippen molar-refractivity contribution in [2.75, 3.05) is 31.1 Å². The van der Waals surface area contributed by atoms with E-state index in [9.17, 15) is 5.11 Å². The molecule has 0 aliphatic carbocycles. The summed E-state index contributed by atoms with van der Waals surface area (Å²) in [6.07, 6.45) is 5.01. The molecule has 1 atom stereocenters. The summed E-state index contributed by atoms with van der Waals surface area (Å²) in [5, 5.41) is 16.9. The monoisotopic (exact) mass is 399 g/mol. The zero-order valence-electron chi connectivity index (χ0n) is 14.3. The van der Waals surface area contributed by atoms with E-state index in [4.69, 9.17) is 0 Å². The minimum atomic E-state index is -0.00246. The predicted molar refractivity (Wildman–Crippen MR) is 105 cm³/mol. The molecule has 1 saturated heterocycles. The summed E-state index contributed by atoms with van der Waals surface area (Å²) in [6.45, 7) is 3.39. The lowest BCUT2D eigenvalue weighted by atomic mass is 10.1. The first-order valence-corrected chi connectivity index (χ1v) is 10.3. The first kappa shape index (κ1) is 16.6. The Hall–Kier alpha value is -2.56. The molecule has 4 aromatic heterocycles. The van der Waals surface area contributed by atoms with Gasteiger partial charge in [0.15, 0.2) is 0 Å². The molecule has 0 spiro atoms. The van der Waals surface area contributed by atoms with Gasteiger partial charge in [0, 0.05) is 43.4 Å². The fourth-order valence-corrected chi connectivity index (χ4v) is 5.45. The second kappa shape index (κ2) is 6.87. The van der Waals surface area contributed by atoms with Crippen LogP contribution in [0.15, 0.2) is 42.3 Å². The van der Waals surface area contributed by atoms with Crippen molar-refractivity contribution < 1.29 is 5.11 Å². The van der Waals surface area contributed by atoms with Crippen LogP contribution in [-0.2, 0) is 0 Å². The van der Waals surface area contributed by atoms with Gasteiger partial charge in [-0.25, -0.2) is 15.0 Å². The predicted octanol–water partition coefficient (Wildman–Crippen LogP) is 2.26. The standard InChI is InChI=1S/C17H17N7OS2/c25-15-14(27-17-20-11-21-24(15)17)13(12-3-1-10-26-12)22-6-8-23(9-7-22)16-18-4-2-5-19-16/h1-5,10-11,13,25H,6-9H2. The molecular weight excluding hydrogens is 382 g/mol. The highest BCUT2D eigenvalue weighted by Crippen LogP contribution is 2.41. The topological polar surface area (TPSA) is 82.7 Å². The van der Waals surface area contributed by atoms with Crippen molar-refractivity contribution in [2.24, 2.45) is 0 Å². The van der Waals surface area contributed by atoms with Gasteiger partial charge in [0.2, 0.25) is 16.8 Å². The molecule has 0 amide bonds. The van der Waals surface area contributed by atoms with Crippen molar-refractivity contribution >= 4 is 33.6 Å². The molecule has 1 N–H and O–H groups in total. The van der Waals surface area contributed by atoms with Crippen LogP contribution in [0, 0.1) is 0 Å². The Morgan fingerprint density at radius 2 is 1.85 bits per heavy atom. The van der Waals surface area contributed by atoms with Gasteiger partial charge in [-0.15, -0.1) is 11.3 Å². The average molecular weight is 400 g/mol. The van der Waals surface area contributed by atoms with Crippen LogP contribution in [0.25, 0.3) is 4.96 Å². The largest absolute Gasteiger partial charge is 0.492 e. The number of thiazole rings is 1. The van der Waals surface area contributed by atoms with Gasteiger partial charge >= 0.3 is 0 Å². The molecule has 0 aromatic carbocycles. The van der Waals surface area contributed by atoms with Crippen LogP contribution in [0.4, 0.5) is 5.95 Å². The molecule has 5 heterocycles. The number of hydrogen-bond donors (Lipinski definition) is 1. The average Bonchev–Trinajstić information content (AvgIpc) is 3.45. The van der Waals surface area contributed by atoms with Crippen molar-refractivity contribution in [3.8, 4) is 5.88 Å². The fraction of sp³-hybridized carbons (Fsp3) is 0.294. The lowest BCUT2D eigenvalue weighted by Gasteiger charge is -2.38. The highest BCUT2D eigenvalue weighted by molar-refractivity contribution is 7.17. The second-order valence-electron chi connectivity index (χ2n) is 6.23. The molecule has 5 rings (SSSR count). The normalized spacial score (nSPS) is 16.8. The molecule has 0 bridgehead atoms. The summed E-state index contributed by atoms with van der Waals surface area (Å²) in [6, 6.07) is 6.00. The number of hydrogen-bond acceptors (Lipinski definition) is 9. The number of fused-ring (bicyclic) bond motifs is 1. The van der Waals surface area contributed by atoms with E-state index in [2.05, 4.69) is 47.4 Å². The Labute approximate surface area is 163 Å². The smallest absolute Gasteiger partial charge is 0.230 e. The van der Waals surface area contributed by atoms with Crippen LogP contribution < -0.4 is 4.90 Å². The number of anilines is 1. The van der Waals surface area contributed by atoms with E-state index in [0.717, 1.165) is 37.0 Å². The van der Waals surface area contributed by atoms with E-state index < -0.39 is 0 Å². The Kier molecular flexibility index (Phi) is 4.23. The summed E-state index contributed by atoms with van der Waals surface area (Å²) in [4.78, 5) is 20.3. The van der Waals surface area contributed by atoms with Crippen LogP contribution in [0.1, 0.15) is 15.8 Å². The van der Waals surface area contributed by atoms with Crippen LogP contribution in [0.3, 0.4) is 0 Å². The van der Waals surface area contributed by atoms with Gasteiger partial charge in [0.25, 0.3) is 0 Å². The van der Waals surface area contributed by atoms with Crippen LogP contribution in [0.2, 0.25) is 0 Å². The van der Waals surface area contributed by atoms with Gasteiger partial charge in [-0.05, 0) is 17.5 Å². The van der Waals surface area contributed by atoms with Crippen molar-refractivity contribution in [2.45, 2.75) is 6.04 Å². The van der Waals surface area contributed by atoms with Crippen molar-refractivity contribution in [1.29, 1.82) is 0 Å². The van der Waals surface area contributed by atoms with Crippen molar-refractivity contribution in [3.05, 3.63) is 52.1 Å². The molecule has 1 aliphatic rings. The van der Waals surface area contributed by atoms with E-state index in [1.54, 1.807) is 23.7 Å². The maximum Gasteiger partial charge on any atom is 0.230 e. The van der Waals surface area contributed by atoms with Gasteiger partial charge in [0.1, 0.15) is 6.33 Å². The number of rotatable bonds is 4. The Balaban J connectivity index is 1.44. The lowest BCUT2D eigenvalue weighted by Crippen LogP contribution is -2.48. The molecule has 1 aliphatic heterocycles. The Morgan fingerprint density at radius 1 is 1.04 bits per heavy atom. The summed E-state index contributed by atoms with van der Waals surface area (Å²) in [5.74, 6) is 0.950. The van der Waals surface area contributed by atoms with E-state index in [1.807, 2.05) is 6.07 Å². The zero-order valence-corrected chi connectivity index (χ0v) is 16.0. The number of aromatic hydroxyl groups is 1. The summed E-state index contributed by atoms with van der Waals surface area (Å²) in [5.41, 5.74) is 0. The molecule has 10 heteroatoms. The lowest BCUT2D eigenvalue weighted by molar-refractivity contribution is 0.212. The van der Waals surface area contributed by atoms with Crippen molar-refractivity contribution in [3.63, 3.8) is 0 Å². The minimum absolute atomic E-state index is 0.00246. The van der Waals surface area contributed by atoms with Gasteiger partial charge < -0.3 is 10.0 Å². The van der Waals surface area contributed by atoms with Gasteiger partial charge in [-0.1, -0.05) is 17.4 Å². The number of piperazine rings is 1. The van der Waals surface area contributed by atoms with E-state index >= 15 is 0 Å². The van der Waals surface area contributed by atoms with Gasteiger partial charge in [-0.2, -0.15) is 9.61 Å². The summed E-state index contributed by atoms with van der Waals surface area (Å²) in [7, 11) is 0. The maximum absolute atomic E-state index is 10.7. The summed E-state index contributed by atoms with van der Waals surface area (Å²) < 4.78 is 1.51. The van der Waals surface area contributed by atoms with Crippen molar-refractivity contribution in [1.82, 2.24) is 29.5 Å². The zero-order chi connectivity index (χ0) is 18.2. The quantitative estimate of drug-likeness (QED) is 0.564. The van der Waals surface area contributed by atoms with E-state index in [1.165, 1.54) is 27.1 Å². The maximum atomic E-state index is 10.7. The summed E-state index contributed by atoms with van der Waals surface area (Å²) >= 11 is 3.20. The molecular formula is C17H17N7OS2. The molecule has 8 nitrogen and oxygen atoms in total. The highest BCUT2D eigenvalue weighted by atomic mass is 32.1. The van der Waals surface area contributed by atoms with Gasteiger partial charge in [0.05, 0.1) is 10.9 Å². The van der Waals surface area contributed by atoms with Gasteiger partial charge in [-0.3, -0.25) is 4.90 Å². The molecule has 0 saturated carbocycles. The Morgan fingerprint density at radius 3 is 2.56 bits per heavy atom. The molecule has 138 valence electrons. The SMILES string of the molecule is Oc1c(C(c2cccs2)N2CCN(c3ncccn3)CC2)sc2ncnn12. The molecule has 0 radical (unpaired) electrons. The number of aromatic nitrogens is 5. The van der Waals surface area contributed by atoms with E-state index in [-0.39, 0.29) is 11.9 Å². The third-order valence-electron chi connectivity index (χ3n) is 4.71. The Bertz CT molecular complexity index is 1020. The van der Waals surface area contributed by atoms with E-state index in [0.29, 0.717) is 4.96 Å². The molecule has 1 fully saturated rings. The molecule has 1 unspecified atom stereocenters. The molecule has 27 heavy (non-hydrogen) atoms. The third-order valence-corrected chi connectivity index (χ3v) is 6.73. The van der Waals surface area contributed by atoms with Crippen LogP contribution >= 0.6 is 22.7 Å². The van der Waals surface area contributed by atoms with Crippen LogP contribution in [0.5, 0.6) is 5.88 Å². The number of thiophene rings is 1.